The molecular weight excluding hydrogens is 574 g/mol. The zero-order valence-corrected chi connectivity index (χ0v) is 24.6. The summed E-state index contributed by atoms with van der Waals surface area (Å²) in [5.41, 5.74) is 8.32. The maximum Gasteiger partial charge on any atom is 0.356 e. The number of carbonyl (C=O) groups is 3. The Hall–Kier alpha value is -4.42. The van der Waals surface area contributed by atoms with Crippen LogP contribution in [0.3, 0.4) is 0 Å². The smallest absolute Gasteiger partial charge is 0.356 e. The Morgan fingerprint density at radius 3 is 2.40 bits per heavy atom. The Labute approximate surface area is 251 Å². The molecule has 0 saturated carbocycles. The second-order valence-electron chi connectivity index (χ2n) is 9.35. The van der Waals surface area contributed by atoms with Crippen molar-refractivity contribution in [3.8, 4) is 0 Å². The summed E-state index contributed by atoms with van der Waals surface area (Å²) in [6.07, 6.45) is 3.87. The third-order valence-electron chi connectivity index (χ3n) is 6.62. The van der Waals surface area contributed by atoms with Crippen LogP contribution >= 0.6 is 23.1 Å². The molecule has 2 atom stereocenters. The summed E-state index contributed by atoms with van der Waals surface area (Å²) >= 11 is 2.60. The van der Waals surface area contributed by atoms with Gasteiger partial charge in [0.1, 0.15) is 29.9 Å². The van der Waals surface area contributed by atoms with E-state index in [0.29, 0.717) is 11.3 Å². The van der Waals surface area contributed by atoms with Crippen molar-refractivity contribution in [1.82, 2.24) is 15.2 Å². The normalized spacial score (nSPS) is 18.6. The van der Waals surface area contributed by atoms with Crippen LogP contribution in [0.4, 0.5) is 5.13 Å². The molecule has 42 heavy (non-hydrogen) atoms. The predicted molar refractivity (Wildman–Crippen MR) is 162 cm³/mol. The van der Waals surface area contributed by atoms with Gasteiger partial charge in [-0.25, -0.2) is 9.78 Å². The number of hydrogen-bond donors (Lipinski definition) is 2. The zero-order valence-electron chi connectivity index (χ0n) is 22.9. The number of anilines is 1. The lowest BCUT2D eigenvalue weighted by molar-refractivity contribution is -0.154. The minimum Gasteiger partial charge on any atom is -0.448 e. The molecule has 2 aliphatic rings. The van der Waals surface area contributed by atoms with Crippen molar-refractivity contribution in [2.24, 2.45) is 5.16 Å². The summed E-state index contributed by atoms with van der Waals surface area (Å²) in [4.78, 5) is 51.0. The van der Waals surface area contributed by atoms with E-state index < -0.39 is 35.3 Å². The number of esters is 1. The van der Waals surface area contributed by atoms with Gasteiger partial charge in [0.2, 0.25) is 0 Å². The SMILES string of the molecule is CC/C=C\C1=C(C(=O)OC(c2ccccc2)c2ccccc2)N2C(=O)C(NC(=O)/C(=N/OC)c3csc(N)n3)[C@H]2SC1. The lowest BCUT2D eigenvalue weighted by Crippen LogP contribution is -2.71. The number of nitrogens with zero attached hydrogens (tertiary/aromatic N) is 3. The fourth-order valence-corrected chi connectivity index (χ4v) is 6.54. The van der Waals surface area contributed by atoms with Crippen LogP contribution in [0, 0.1) is 0 Å². The molecule has 1 saturated heterocycles. The molecule has 216 valence electrons. The number of allylic oxidation sites excluding steroid dienone is 2. The fraction of sp³-hybridized carbons (Fsp3) is 0.233. The number of ether oxygens (including phenoxy) is 1. The first-order valence-corrected chi connectivity index (χ1v) is 15.1. The maximum atomic E-state index is 13.9. The summed E-state index contributed by atoms with van der Waals surface area (Å²) < 4.78 is 6.14. The second kappa shape index (κ2) is 13.0. The van der Waals surface area contributed by atoms with Gasteiger partial charge in [-0.3, -0.25) is 14.5 Å². The number of nitrogen functional groups attached to an aromatic ring is 1. The summed E-state index contributed by atoms with van der Waals surface area (Å²) in [5, 5.41) is 7.86. The highest BCUT2D eigenvalue weighted by Crippen LogP contribution is 2.42. The Kier molecular flexibility index (Phi) is 9.03. The van der Waals surface area contributed by atoms with E-state index in [2.05, 4.69) is 15.5 Å². The largest absolute Gasteiger partial charge is 0.448 e. The lowest BCUT2D eigenvalue weighted by atomic mass is 10.00. The van der Waals surface area contributed by atoms with Crippen LogP contribution in [0.1, 0.15) is 36.3 Å². The number of β-lactam (4-membered cyclic amide) rings is 1. The average molecular weight is 604 g/mol. The molecule has 1 fully saturated rings. The van der Waals surface area contributed by atoms with Crippen LogP contribution in [0.5, 0.6) is 0 Å². The first-order valence-electron chi connectivity index (χ1n) is 13.2. The number of fused-ring (bicyclic) bond motifs is 1. The van der Waals surface area contributed by atoms with E-state index in [9.17, 15) is 14.4 Å². The molecule has 3 aromatic rings. The molecule has 2 aliphatic heterocycles. The number of nitrogens with one attached hydrogen (secondary N) is 1. The van der Waals surface area contributed by atoms with Crippen molar-refractivity contribution in [3.63, 3.8) is 0 Å². The van der Waals surface area contributed by atoms with Gasteiger partial charge in [0.15, 0.2) is 16.9 Å². The van der Waals surface area contributed by atoms with E-state index in [1.807, 2.05) is 79.7 Å². The third kappa shape index (κ3) is 5.95. The van der Waals surface area contributed by atoms with Crippen LogP contribution in [-0.4, -0.2) is 57.7 Å². The number of thioether (sulfide) groups is 1. The highest BCUT2D eigenvalue weighted by molar-refractivity contribution is 8.00. The lowest BCUT2D eigenvalue weighted by Gasteiger charge is -2.49. The number of hydrogen-bond acceptors (Lipinski definition) is 10. The molecule has 3 heterocycles. The van der Waals surface area contributed by atoms with Crippen molar-refractivity contribution in [3.05, 3.63) is 106 Å². The first-order chi connectivity index (χ1) is 20.4. The number of aromatic nitrogens is 1. The Morgan fingerprint density at radius 1 is 1.17 bits per heavy atom. The van der Waals surface area contributed by atoms with Gasteiger partial charge in [-0.2, -0.15) is 0 Å². The summed E-state index contributed by atoms with van der Waals surface area (Å²) in [5.74, 6) is -1.24. The minimum atomic E-state index is -0.890. The van der Waals surface area contributed by atoms with Crippen molar-refractivity contribution in [2.45, 2.75) is 30.9 Å². The van der Waals surface area contributed by atoms with Crippen molar-refractivity contribution in [2.75, 3.05) is 18.6 Å². The second-order valence-corrected chi connectivity index (χ2v) is 11.3. The van der Waals surface area contributed by atoms with Crippen LogP contribution in [-0.2, 0) is 24.0 Å². The van der Waals surface area contributed by atoms with E-state index in [0.717, 1.165) is 28.9 Å². The molecule has 3 N–H and O–H groups in total. The molecule has 0 bridgehead atoms. The molecule has 10 nitrogen and oxygen atoms in total. The minimum absolute atomic E-state index is 0.104. The monoisotopic (exact) mass is 603 g/mol. The topological polar surface area (TPSA) is 136 Å². The molecule has 0 aliphatic carbocycles. The van der Waals surface area contributed by atoms with Crippen molar-refractivity contribution in [1.29, 1.82) is 0 Å². The summed E-state index contributed by atoms with van der Waals surface area (Å²) in [6.45, 7) is 1.99. The number of carbonyl (C=O) groups excluding carboxylic acids is 3. The van der Waals surface area contributed by atoms with Gasteiger partial charge in [-0.1, -0.05) is 84.9 Å². The van der Waals surface area contributed by atoms with Gasteiger partial charge in [0.25, 0.3) is 11.8 Å². The van der Waals surface area contributed by atoms with Gasteiger partial charge in [0, 0.05) is 11.1 Å². The Balaban J connectivity index is 1.41. The van der Waals surface area contributed by atoms with Crippen LogP contribution in [0.2, 0.25) is 0 Å². The van der Waals surface area contributed by atoms with E-state index in [4.69, 9.17) is 15.3 Å². The number of amides is 2. The van der Waals surface area contributed by atoms with E-state index in [-0.39, 0.29) is 22.2 Å². The Morgan fingerprint density at radius 2 is 1.83 bits per heavy atom. The number of oxime groups is 1. The fourth-order valence-electron chi connectivity index (χ4n) is 4.67. The number of benzene rings is 2. The highest BCUT2D eigenvalue weighted by atomic mass is 32.2. The van der Waals surface area contributed by atoms with Gasteiger partial charge < -0.3 is 20.6 Å². The van der Waals surface area contributed by atoms with E-state index >= 15 is 0 Å². The highest BCUT2D eigenvalue weighted by Gasteiger charge is 2.54. The average Bonchev–Trinajstić information content (AvgIpc) is 3.45. The Bertz CT molecular complexity index is 1510. The van der Waals surface area contributed by atoms with Crippen molar-refractivity contribution < 1.29 is 24.0 Å². The molecule has 5 rings (SSSR count). The van der Waals surface area contributed by atoms with Crippen LogP contribution in [0.15, 0.2) is 94.6 Å². The molecular formula is C30H29N5O5S2. The van der Waals surface area contributed by atoms with E-state index in [1.54, 1.807) is 5.38 Å². The van der Waals surface area contributed by atoms with Crippen LogP contribution < -0.4 is 11.1 Å². The molecule has 0 radical (unpaired) electrons. The standard InChI is InChI=1S/C30H29N5O5S2/c1-3-4-11-20-16-41-28-23(33-26(36)22(34-39-2)21-17-42-30(31)32-21)27(37)35(28)24(20)29(38)40-25(18-12-7-5-8-13-18)19-14-9-6-10-15-19/h4-15,17,23,25,28H,3,16H2,1-2H3,(H2,31,32)(H,33,36)/b11-4-,34-22+/t23?,28-/m1/s1. The first kappa shape index (κ1) is 29.1. The molecule has 2 amide bonds. The van der Waals surface area contributed by atoms with Crippen LogP contribution in [0.25, 0.3) is 0 Å². The predicted octanol–water partition coefficient (Wildman–Crippen LogP) is 4.03. The van der Waals surface area contributed by atoms with Gasteiger partial charge in [-0.05, 0) is 23.1 Å². The molecule has 2 aromatic carbocycles. The quantitative estimate of drug-likeness (QED) is 0.153. The van der Waals surface area contributed by atoms with E-state index in [1.165, 1.54) is 23.8 Å². The number of nitrogens with two attached hydrogens (primary N) is 1. The van der Waals surface area contributed by atoms with Gasteiger partial charge >= 0.3 is 5.97 Å². The summed E-state index contributed by atoms with van der Waals surface area (Å²) in [7, 11) is 1.31. The molecule has 1 aromatic heterocycles. The number of rotatable bonds is 10. The molecule has 12 heteroatoms. The zero-order chi connectivity index (χ0) is 29.6. The van der Waals surface area contributed by atoms with Gasteiger partial charge in [0.05, 0.1) is 0 Å². The summed E-state index contributed by atoms with van der Waals surface area (Å²) in [6, 6.07) is 18.0. The maximum absolute atomic E-state index is 13.9. The van der Waals surface area contributed by atoms with Gasteiger partial charge in [-0.15, -0.1) is 23.1 Å². The number of thiazole rings is 1. The third-order valence-corrected chi connectivity index (χ3v) is 8.60. The van der Waals surface area contributed by atoms with Crippen molar-refractivity contribution >= 4 is 51.7 Å². The molecule has 0 spiro atoms. The molecule has 1 unspecified atom stereocenters.